The first-order chi connectivity index (χ1) is 17.3. The molecule has 0 aliphatic carbocycles. The van der Waals surface area contributed by atoms with E-state index in [1.807, 2.05) is 25.1 Å². The number of ether oxygens (including phenoxy) is 3. The van der Waals surface area contributed by atoms with Crippen LogP contribution in [-0.4, -0.2) is 19.6 Å². The molecule has 186 valence electrons. The van der Waals surface area contributed by atoms with Crippen molar-refractivity contribution in [2.24, 2.45) is 0 Å². The largest absolute Gasteiger partial charge is 0.497 e. The molecular formula is C27H23Cl3N2O4. The second-order valence-electron chi connectivity index (χ2n) is 7.50. The molecule has 9 heteroatoms. The lowest BCUT2D eigenvalue weighted by Crippen LogP contribution is -2.23. The third kappa shape index (κ3) is 7.32. The molecule has 3 aromatic rings. The summed E-state index contributed by atoms with van der Waals surface area (Å²) in [6, 6.07) is 17.6. The predicted octanol–water partition coefficient (Wildman–Crippen LogP) is 6.86. The second kappa shape index (κ2) is 13.1. The maximum absolute atomic E-state index is 12.6. The summed E-state index contributed by atoms with van der Waals surface area (Å²) in [7, 11) is 1.58. The third-order valence-electron chi connectivity index (χ3n) is 4.99. The van der Waals surface area contributed by atoms with Crippen LogP contribution in [0.4, 0.5) is 0 Å². The number of carbonyl (C=O) groups is 1. The number of halogens is 3. The number of nitrogens with zero attached hydrogens (tertiary/aromatic N) is 1. The first-order valence-electron chi connectivity index (χ1n) is 10.9. The van der Waals surface area contributed by atoms with Crippen LogP contribution in [0.5, 0.6) is 17.2 Å². The summed E-state index contributed by atoms with van der Waals surface area (Å²) >= 11 is 18.5. The SMILES string of the molecule is CCOc1cc(/C=C(/C#N)C(=O)NCc2ccc(OC)cc2)cc(Cl)c1OCc1ccc(Cl)c(Cl)c1. The zero-order chi connectivity index (χ0) is 26.1. The summed E-state index contributed by atoms with van der Waals surface area (Å²) in [5, 5.41) is 13.4. The monoisotopic (exact) mass is 544 g/mol. The Morgan fingerprint density at radius 1 is 0.972 bits per heavy atom. The number of rotatable bonds is 10. The minimum Gasteiger partial charge on any atom is -0.497 e. The fourth-order valence-corrected chi connectivity index (χ4v) is 3.79. The Morgan fingerprint density at radius 3 is 2.33 bits per heavy atom. The van der Waals surface area contributed by atoms with Gasteiger partial charge in [0.25, 0.3) is 5.91 Å². The number of carbonyl (C=O) groups excluding carboxylic acids is 1. The van der Waals surface area contributed by atoms with Crippen molar-refractivity contribution in [2.75, 3.05) is 13.7 Å². The Hall–Kier alpha value is -3.37. The second-order valence-corrected chi connectivity index (χ2v) is 8.72. The average Bonchev–Trinajstić information content (AvgIpc) is 2.87. The van der Waals surface area contributed by atoms with Crippen LogP contribution in [0.15, 0.2) is 60.2 Å². The van der Waals surface area contributed by atoms with E-state index >= 15 is 0 Å². The van der Waals surface area contributed by atoms with Gasteiger partial charge >= 0.3 is 0 Å². The highest BCUT2D eigenvalue weighted by molar-refractivity contribution is 6.42. The van der Waals surface area contributed by atoms with Crippen LogP contribution in [0.25, 0.3) is 6.08 Å². The molecule has 36 heavy (non-hydrogen) atoms. The van der Waals surface area contributed by atoms with Gasteiger partial charge in [0.05, 0.1) is 28.8 Å². The van der Waals surface area contributed by atoms with Gasteiger partial charge in [0.2, 0.25) is 0 Å². The fourth-order valence-electron chi connectivity index (χ4n) is 3.20. The van der Waals surface area contributed by atoms with Crippen molar-refractivity contribution in [3.8, 4) is 23.3 Å². The standard InChI is InChI=1S/C27H23Cl3N2O4/c1-3-35-25-13-19(12-24(30)26(25)36-16-18-6-9-22(28)23(29)11-18)10-20(14-31)27(33)32-15-17-4-7-21(34-2)8-5-17/h4-13H,3,15-16H2,1-2H3,(H,32,33)/b20-10-. The highest BCUT2D eigenvalue weighted by Gasteiger charge is 2.15. The molecule has 0 aliphatic heterocycles. The van der Waals surface area contributed by atoms with Crippen molar-refractivity contribution in [3.63, 3.8) is 0 Å². The highest BCUT2D eigenvalue weighted by Crippen LogP contribution is 2.38. The Morgan fingerprint density at radius 2 is 1.69 bits per heavy atom. The molecule has 0 saturated heterocycles. The lowest BCUT2D eigenvalue weighted by atomic mass is 10.1. The summed E-state index contributed by atoms with van der Waals surface area (Å²) < 4.78 is 16.7. The normalized spacial score (nSPS) is 10.9. The Labute approximate surface area is 224 Å². The molecule has 3 aromatic carbocycles. The molecule has 1 amide bonds. The minimum atomic E-state index is -0.512. The van der Waals surface area contributed by atoms with Crippen LogP contribution >= 0.6 is 34.8 Å². The van der Waals surface area contributed by atoms with Crippen molar-refractivity contribution in [3.05, 3.63) is 91.9 Å². The van der Waals surface area contributed by atoms with Crippen molar-refractivity contribution in [2.45, 2.75) is 20.1 Å². The van der Waals surface area contributed by atoms with E-state index in [1.54, 1.807) is 49.6 Å². The van der Waals surface area contributed by atoms with Gasteiger partial charge in [-0.2, -0.15) is 5.26 Å². The van der Waals surface area contributed by atoms with Crippen LogP contribution < -0.4 is 19.5 Å². The third-order valence-corrected chi connectivity index (χ3v) is 6.01. The summed E-state index contributed by atoms with van der Waals surface area (Å²) in [5.41, 5.74) is 2.10. The lowest BCUT2D eigenvalue weighted by molar-refractivity contribution is -0.117. The topological polar surface area (TPSA) is 80.6 Å². The Kier molecular flexibility index (Phi) is 9.89. The van der Waals surface area contributed by atoms with Crippen molar-refractivity contribution in [1.29, 1.82) is 5.26 Å². The predicted molar refractivity (Wildman–Crippen MR) is 142 cm³/mol. The van der Waals surface area contributed by atoms with Gasteiger partial charge < -0.3 is 19.5 Å². The van der Waals surface area contributed by atoms with E-state index in [9.17, 15) is 10.1 Å². The molecule has 0 saturated carbocycles. The van der Waals surface area contributed by atoms with Crippen LogP contribution in [0.3, 0.4) is 0 Å². The number of amides is 1. The Bertz CT molecular complexity index is 1300. The van der Waals surface area contributed by atoms with Gasteiger partial charge in [0.1, 0.15) is 24.0 Å². The molecule has 0 aromatic heterocycles. The summed E-state index contributed by atoms with van der Waals surface area (Å²) in [6.45, 7) is 2.63. The molecule has 0 aliphatic rings. The molecule has 0 bridgehead atoms. The fraction of sp³-hybridized carbons (Fsp3) is 0.185. The van der Waals surface area contributed by atoms with E-state index in [0.29, 0.717) is 39.5 Å². The van der Waals surface area contributed by atoms with Crippen LogP contribution in [0.2, 0.25) is 15.1 Å². The highest BCUT2D eigenvalue weighted by atomic mass is 35.5. The first-order valence-corrected chi connectivity index (χ1v) is 12.0. The van der Waals surface area contributed by atoms with E-state index in [4.69, 9.17) is 49.0 Å². The number of hydrogen-bond acceptors (Lipinski definition) is 5. The Balaban J connectivity index is 1.76. The molecule has 0 fully saturated rings. The van der Waals surface area contributed by atoms with Crippen molar-refractivity contribution < 1.29 is 19.0 Å². The zero-order valence-electron chi connectivity index (χ0n) is 19.6. The zero-order valence-corrected chi connectivity index (χ0v) is 21.9. The minimum absolute atomic E-state index is 0.0773. The molecule has 0 spiro atoms. The molecule has 0 atom stereocenters. The van der Waals surface area contributed by atoms with E-state index in [0.717, 1.165) is 11.1 Å². The number of methoxy groups -OCH3 is 1. The maximum atomic E-state index is 12.6. The smallest absolute Gasteiger partial charge is 0.262 e. The van der Waals surface area contributed by atoms with Gasteiger partial charge in [0, 0.05) is 6.54 Å². The van der Waals surface area contributed by atoms with E-state index < -0.39 is 5.91 Å². The summed E-state index contributed by atoms with van der Waals surface area (Å²) in [4.78, 5) is 12.6. The number of benzene rings is 3. The average molecular weight is 546 g/mol. The first kappa shape index (κ1) is 27.2. The number of hydrogen-bond donors (Lipinski definition) is 1. The number of nitriles is 1. The molecule has 3 rings (SSSR count). The molecule has 0 heterocycles. The van der Waals surface area contributed by atoms with Crippen LogP contribution in [-0.2, 0) is 17.9 Å². The van der Waals surface area contributed by atoms with Gasteiger partial charge in [-0.05, 0) is 66.1 Å². The van der Waals surface area contributed by atoms with Gasteiger partial charge in [-0.25, -0.2) is 0 Å². The maximum Gasteiger partial charge on any atom is 0.262 e. The van der Waals surface area contributed by atoms with Gasteiger partial charge in [-0.1, -0.05) is 53.0 Å². The van der Waals surface area contributed by atoms with Crippen LogP contribution in [0.1, 0.15) is 23.6 Å². The van der Waals surface area contributed by atoms with E-state index in [2.05, 4.69) is 5.32 Å². The van der Waals surface area contributed by atoms with Crippen molar-refractivity contribution in [1.82, 2.24) is 5.32 Å². The van der Waals surface area contributed by atoms with Gasteiger partial charge in [-0.15, -0.1) is 0 Å². The van der Waals surface area contributed by atoms with E-state index in [1.165, 1.54) is 6.08 Å². The number of nitrogens with one attached hydrogen (secondary N) is 1. The summed E-state index contributed by atoms with van der Waals surface area (Å²) in [5.74, 6) is 0.924. The quantitative estimate of drug-likeness (QED) is 0.222. The summed E-state index contributed by atoms with van der Waals surface area (Å²) in [6.07, 6.45) is 1.44. The molecule has 1 N–H and O–H groups in total. The molecule has 6 nitrogen and oxygen atoms in total. The van der Waals surface area contributed by atoms with Crippen LogP contribution in [0, 0.1) is 11.3 Å². The lowest BCUT2D eigenvalue weighted by Gasteiger charge is -2.15. The van der Waals surface area contributed by atoms with Gasteiger partial charge in [0.15, 0.2) is 11.5 Å². The molecule has 0 radical (unpaired) electrons. The van der Waals surface area contributed by atoms with Crippen molar-refractivity contribution >= 4 is 46.8 Å². The van der Waals surface area contributed by atoms with E-state index in [-0.39, 0.29) is 23.7 Å². The molecule has 0 unspecified atom stereocenters. The van der Waals surface area contributed by atoms with Gasteiger partial charge in [-0.3, -0.25) is 4.79 Å². The molecular weight excluding hydrogens is 523 g/mol.